The van der Waals surface area contributed by atoms with Gasteiger partial charge in [0.25, 0.3) is 0 Å². The van der Waals surface area contributed by atoms with Crippen LogP contribution in [0.15, 0.2) is 30.3 Å². The molecule has 2 fully saturated rings. The van der Waals surface area contributed by atoms with Crippen molar-refractivity contribution in [1.82, 2.24) is 0 Å². The average molecular weight is 292 g/mol. The maximum absolute atomic E-state index is 5.28. The molecule has 0 unspecified atom stereocenters. The van der Waals surface area contributed by atoms with Gasteiger partial charge in [0.05, 0.1) is 12.2 Å². The van der Waals surface area contributed by atoms with Crippen molar-refractivity contribution in [3.8, 4) is 0 Å². The topological polar surface area (TPSA) is 26.6 Å². The van der Waals surface area contributed by atoms with E-state index in [1.165, 1.54) is 12.8 Å². The molecular weight excluding hydrogens is 275 g/mol. The zero-order chi connectivity index (χ0) is 10.6. The van der Waals surface area contributed by atoms with Gasteiger partial charge in [0, 0.05) is 32.7 Å². The van der Waals surface area contributed by atoms with Gasteiger partial charge in [0.1, 0.15) is 0 Å². The molecule has 0 amide bonds. The second-order valence-electron chi connectivity index (χ2n) is 4.13. The molecule has 3 rings (SSSR count). The van der Waals surface area contributed by atoms with Crippen molar-refractivity contribution in [2.75, 3.05) is 19.7 Å². The van der Waals surface area contributed by atoms with Crippen molar-refractivity contribution in [2.24, 2.45) is 0 Å². The summed E-state index contributed by atoms with van der Waals surface area (Å²) >= 11 is 0. The molecular formula is C13H17NOY-2. The smallest absolute Gasteiger partial charge is 0.0883 e. The molecule has 0 aromatic heterocycles. The molecule has 1 aromatic rings. The molecule has 0 N–H and O–H groups in total. The Morgan fingerprint density at radius 2 is 1.69 bits per heavy atom. The molecule has 0 atom stereocenters. The quantitative estimate of drug-likeness (QED) is 0.533. The Morgan fingerprint density at radius 3 is 2.00 bits per heavy atom. The van der Waals surface area contributed by atoms with E-state index in [4.69, 9.17) is 4.74 Å². The molecule has 85 valence electrons. The molecule has 1 aromatic carbocycles. The van der Waals surface area contributed by atoms with Crippen molar-refractivity contribution in [1.29, 1.82) is 0 Å². The standard InChI is InChI=1S/C7H7.C6H10NO.Y/c1-7-5-3-2-4-6-7;1-3-7-4-2-6(1)5-8-6;/h2-6H,1H2;1-5H2;/q2*-1;. The molecule has 0 bridgehead atoms. The molecule has 1 spiro atoms. The first-order valence-electron chi connectivity index (χ1n) is 5.45. The number of ether oxygens (including phenoxy) is 1. The zero-order valence-corrected chi connectivity index (χ0v) is 12.4. The number of epoxide rings is 1. The number of hydrogen-bond acceptors (Lipinski definition) is 1. The number of hydrogen-bond donors (Lipinski definition) is 0. The molecule has 2 aliphatic heterocycles. The van der Waals surface area contributed by atoms with Crippen LogP contribution in [0.5, 0.6) is 0 Å². The molecule has 3 heteroatoms. The summed E-state index contributed by atoms with van der Waals surface area (Å²) in [4.78, 5) is 0. The van der Waals surface area contributed by atoms with E-state index in [1.807, 2.05) is 30.3 Å². The summed E-state index contributed by atoms with van der Waals surface area (Å²) in [7, 11) is 0. The Labute approximate surface area is 123 Å². The average Bonchev–Trinajstić information content (AvgIpc) is 3.01. The van der Waals surface area contributed by atoms with Gasteiger partial charge >= 0.3 is 0 Å². The summed E-state index contributed by atoms with van der Waals surface area (Å²) in [6, 6.07) is 9.87. The van der Waals surface area contributed by atoms with Gasteiger partial charge in [-0.3, -0.25) is 0 Å². The van der Waals surface area contributed by atoms with Crippen LogP contribution in [-0.2, 0) is 37.4 Å². The van der Waals surface area contributed by atoms with E-state index < -0.39 is 0 Å². The van der Waals surface area contributed by atoms with Crippen LogP contribution in [0, 0.1) is 6.92 Å². The van der Waals surface area contributed by atoms with Crippen LogP contribution in [0.25, 0.3) is 5.32 Å². The normalized spacial score (nSPS) is 20.2. The molecule has 16 heavy (non-hydrogen) atoms. The van der Waals surface area contributed by atoms with Gasteiger partial charge in [-0.2, -0.15) is 24.6 Å². The third-order valence-electron chi connectivity index (χ3n) is 2.85. The van der Waals surface area contributed by atoms with Crippen LogP contribution in [0.4, 0.5) is 0 Å². The summed E-state index contributed by atoms with van der Waals surface area (Å²) < 4.78 is 5.28. The first-order chi connectivity index (χ1) is 7.31. The van der Waals surface area contributed by atoms with Crippen molar-refractivity contribution < 1.29 is 37.4 Å². The summed E-state index contributed by atoms with van der Waals surface area (Å²) in [6.45, 7) is 6.78. The fourth-order valence-corrected chi connectivity index (χ4v) is 1.67. The molecule has 2 nitrogen and oxygen atoms in total. The van der Waals surface area contributed by atoms with E-state index in [1.54, 1.807) is 0 Å². The predicted octanol–water partition coefficient (Wildman–Crippen LogP) is 2.79. The summed E-state index contributed by atoms with van der Waals surface area (Å²) in [5.74, 6) is 0. The van der Waals surface area contributed by atoms with E-state index in [9.17, 15) is 0 Å². The second kappa shape index (κ2) is 6.75. The number of piperidine rings is 1. The molecule has 2 saturated heterocycles. The fraction of sp³-hybridized carbons (Fsp3) is 0.462. The van der Waals surface area contributed by atoms with Crippen LogP contribution in [0.2, 0.25) is 0 Å². The van der Waals surface area contributed by atoms with Crippen molar-refractivity contribution in [3.05, 3.63) is 48.1 Å². The summed E-state index contributed by atoms with van der Waals surface area (Å²) in [5, 5.41) is 4.23. The Bertz CT molecular complexity index is 290. The van der Waals surface area contributed by atoms with Gasteiger partial charge in [0.2, 0.25) is 0 Å². The van der Waals surface area contributed by atoms with Gasteiger partial charge < -0.3 is 10.1 Å². The Kier molecular flexibility index (Phi) is 5.98. The fourth-order valence-electron chi connectivity index (χ4n) is 1.67. The van der Waals surface area contributed by atoms with E-state index in [0.717, 1.165) is 25.3 Å². The maximum Gasteiger partial charge on any atom is 0.0883 e. The van der Waals surface area contributed by atoms with Crippen molar-refractivity contribution in [2.45, 2.75) is 18.4 Å². The Morgan fingerprint density at radius 1 is 1.12 bits per heavy atom. The van der Waals surface area contributed by atoms with Crippen molar-refractivity contribution >= 4 is 0 Å². The van der Waals surface area contributed by atoms with Crippen molar-refractivity contribution in [3.63, 3.8) is 0 Å². The number of benzene rings is 1. The molecule has 1 radical (unpaired) electrons. The zero-order valence-electron chi connectivity index (χ0n) is 9.56. The van der Waals surface area contributed by atoms with Crippen LogP contribution >= 0.6 is 0 Å². The minimum Gasteiger partial charge on any atom is -0.662 e. The van der Waals surface area contributed by atoms with Crippen LogP contribution in [0.1, 0.15) is 18.4 Å². The van der Waals surface area contributed by atoms with Crippen LogP contribution in [-0.4, -0.2) is 25.3 Å². The monoisotopic (exact) mass is 292 g/mol. The van der Waals surface area contributed by atoms with Gasteiger partial charge in [-0.1, -0.05) is 6.07 Å². The minimum atomic E-state index is 0. The molecule has 2 aliphatic rings. The van der Waals surface area contributed by atoms with E-state index in [2.05, 4.69) is 12.2 Å². The SMILES string of the molecule is C1CC2(CC[N-]1)CO2.[CH2-]c1ccccc1.[Y]. The van der Waals surface area contributed by atoms with Gasteiger partial charge in [-0.25, -0.2) is 0 Å². The molecule has 0 saturated carbocycles. The summed E-state index contributed by atoms with van der Waals surface area (Å²) in [5.41, 5.74) is 1.41. The maximum atomic E-state index is 5.28. The van der Waals surface area contributed by atoms with Gasteiger partial charge in [-0.05, 0) is 12.8 Å². The van der Waals surface area contributed by atoms with E-state index >= 15 is 0 Å². The Hall–Kier alpha value is 0.114. The Balaban J connectivity index is 0.000000152. The van der Waals surface area contributed by atoms with Gasteiger partial charge in [0.15, 0.2) is 0 Å². The minimum absolute atomic E-state index is 0. The third kappa shape index (κ3) is 4.54. The van der Waals surface area contributed by atoms with E-state index in [-0.39, 0.29) is 32.7 Å². The molecule has 2 heterocycles. The second-order valence-corrected chi connectivity index (χ2v) is 4.13. The molecule has 0 aliphatic carbocycles. The third-order valence-corrected chi connectivity index (χ3v) is 2.85. The largest absolute Gasteiger partial charge is 0.662 e. The van der Waals surface area contributed by atoms with Crippen LogP contribution < -0.4 is 0 Å². The van der Waals surface area contributed by atoms with E-state index in [0.29, 0.717) is 5.60 Å². The summed E-state index contributed by atoms with van der Waals surface area (Å²) in [6.07, 6.45) is 2.35. The number of rotatable bonds is 0. The van der Waals surface area contributed by atoms with Crippen LogP contribution in [0.3, 0.4) is 0 Å². The first-order valence-corrected chi connectivity index (χ1v) is 5.45. The first kappa shape index (κ1) is 14.2. The number of nitrogens with zero attached hydrogens (tertiary/aromatic N) is 1. The van der Waals surface area contributed by atoms with Gasteiger partial charge in [-0.15, -0.1) is 25.2 Å². The predicted molar refractivity (Wildman–Crippen MR) is 61.9 cm³/mol.